The molecular formula is C23H26BrN3O5S2. The van der Waals surface area contributed by atoms with Crippen molar-refractivity contribution in [3.63, 3.8) is 0 Å². The van der Waals surface area contributed by atoms with Crippen LogP contribution in [0.4, 0.5) is 0 Å². The molecule has 0 bridgehead atoms. The minimum atomic E-state index is -3.68. The average molecular weight is 569 g/mol. The third-order valence-corrected chi connectivity index (χ3v) is 8.87. The van der Waals surface area contributed by atoms with Gasteiger partial charge in [-0.2, -0.15) is 9.30 Å². The second kappa shape index (κ2) is 10.4. The second-order valence-corrected chi connectivity index (χ2v) is 12.0. The molecule has 2 heterocycles. The van der Waals surface area contributed by atoms with Gasteiger partial charge in [-0.3, -0.25) is 4.79 Å². The van der Waals surface area contributed by atoms with Crippen LogP contribution in [-0.2, 0) is 26.0 Å². The van der Waals surface area contributed by atoms with Gasteiger partial charge in [0.15, 0.2) is 4.80 Å². The largest absolute Gasteiger partial charge is 0.383 e. The predicted octanol–water partition coefficient (Wildman–Crippen LogP) is 3.65. The van der Waals surface area contributed by atoms with E-state index in [4.69, 9.17) is 9.47 Å². The van der Waals surface area contributed by atoms with Crippen LogP contribution < -0.4 is 4.80 Å². The quantitative estimate of drug-likeness (QED) is 0.453. The number of carbonyl (C=O) groups excluding carboxylic acids is 1. The number of nitrogens with zero attached hydrogens (tertiary/aromatic N) is 3. The van der Waals surface area contributed by atoms with Gasteiger partial charge in [0.2, 0.25) is 10.0 Å². The highest BCUT2D eigenvalue weighted by Gasteiger charge is 2.32. The maximum Gasteiger partial charge on any atom is 0.279 e. The van der Waals surface area contributed by atoms with Crippen LogP contribution in [0.1, 0.15) is 24.2 Å². The second-order valence-electron chi connectivity index (χ2n) is 8.16. The van der Waals surface area contributed by atoms with Crippen molar-refractivity contribution in [3.8, 4) is 0 Å². The number of aromatic nitrogens is 1. The highest BCUT2D eigenvalue weighted by Crippen LogP contribution is 2.23. The van der Waals surface area contributed by atoms with E-state index in [0.717, 1.165) is 14.7 Å². The number of hydrogen-bond donors (Lipinski definition) is 0. The van der Waals surface area contributed by atoms with Gasteiger partial charge in [0.25, 0.3) is 5.91 Å². The fraction of sp³-hybridized carbons (Fsp3) is 0.391. The van der Waals surface area contributed by atoms with Crippen LogP contribution >= 0.6 is 27.3 Å². The summed E-state index contributed by atoms with van der Waals surface area (Å²) in [6, 6.07) is 11.8. The van der Waals surface area contributed by atoms with Crippen molar-refractivity contribution in [2.45, 2.75) is 37.5 Å². The third kappa shape index (κ3) is 5.34. The summed E-state index contributed by atoms with van der Waals surface area (Å²) >= 11 is 4.89. The van der Waals surface area contributed by atoms with E-state index in [1.54, 1.807) is 7.11 Å². The van der Waals surface area contributed by atoms with E-state index in [1.165, 1.54) is 39.9 Å². The fourth-order valence-corrected chi connectivity index (χ4v) is 7.12. The molecule has 4 rings (SSSR count). The summed E-state index contributed by atoms with van der Waals surface area (Å²) in [5.41, 5.74) is 1.28. The standard InChI is InChI=1S/C23H26BrN3O5S2/c1-15-13-26(14-16(2)32-15)34(29,30)19-7-4-17(5-8-19)22(28)25-23-27(10-11-31-3)20-9-6-18(24)12-21(20)33-23/h4-9,12,15-16H,10-11,13-14H2,1-3H3/t15-,16+. The van der Waals surface area contributed by atoms with Crippen molar-refractivity contribution >= 4 is 53.4 Å². The molecule has 3 aromatic rings. The normalized spacial score (nSPS) is 20.2. The lowest BCUT2D eigenvalue weighted by molar-refractivity contribution is -0.0440. The Hall–Kier alpha value is -1.89. The summed E-state index contributed by atoms with van der Waals surface area (Å²) in [4.78, 5) is 18.0. The number of ether oxygens (including phenoxy) is 2. The Morgan fingerprint density at radius 1 is 1.18 bits per heavy atom. The van der Waals surface area contributed by atoms with Gasteiger partial charge in [-0.05, 0) is 56.3 Å². The van der Waals surface area contributed by atoms with Crippen molar-refractivity contribution in [2.75, 3.05) is 26.8 Å². The first-order chi connectivity index (χ1) is 16.2. The highest BCUT2D eigenvalue weighted by molar-refractivity contribution is 9.10. The lowest BCUT2D eigenvalue weighted by Gasteiger charge is -2.34. The van der Waals surface area contributed by atoms with E-state index < -0.39 is 15.9 Å². The first-order valence-electron chi connectivity index (χ1n) is 10.8. The number of morpholine rings is 1. The van der Waals surface area contributed by atoms with Gasteiger partial charge in [0.1, 0.15) is 0 Å². The number of sulfonamides is 1. The van der Waals surface area contributed by atoms with E-state index >= 15 is 0 Å². The van der Waals surface area contributed by atoms with Gasteiger partial charge < -0.3 is 14.0 Å². The molecule has 1 amide bonds. The molecule has 1 aliphatic heterocycles. The van der Waals surface area contributed by atoms with Crippen LogP contribution in [0.25, 0.3) is 10.2 Å². The molecule has 8 nitrogen and oxygen atoms in total. The van der Waals surface area contributed by atoms with Gasteiger partial charge in [-0.1, -0.05) is 27.3 Å². The maximum atomic E-state index is 13.1. The summed E-state index contributed by atoms with van der Waals surface area (Å²) in [6.45, 7) is 5.34. The zero-order valence-electron chi connectivity index (χ0n) is 19.1. The molecule has 0 radical (unpaired) electrons. The number of hydrogen-bond acceptors (Lipinski definition) is 6. The van der Waals surface area contributed by atoms with Gasteiger partial charge in [-0.15, -0.1) is 0 Å². The van der Waals surface area contributed by atoms with Crippen LogP contribution in [0.5, 0.6) is 0 Å². The summed E-state index contributed by atoms with van der Waals surface area (Å²) in [7, 11) is -2.05. The Morgan fingerprint density at radius 2 is 1.85 bits per heavy atom. The molecule has 2 atom stereocenters. The summed E-state index contributed by atoms with van der Waals surface area (Å²) in [5, 5.41) is 0. The molecule has 1 aromatic heterocycles. The molecule has 182 valence electrons. The Morgan fingerprint density at radius 3 is 2.50 bits per heavy atom. The number of halogens is 1. The van der Waals surface area contributed by atoms with Gasteiger partial charge in [0, 0.05) is 36.8 Å². The summed E-state index contributed by atoms with van der Waals surface area (Å²) in [5.74, 6) is -0.436. The van der Waals surface area contributed by atoms with Crippen LogP contribution in [0.15, 0.2) is 56.8 Å². The maximum absolute atomic E-state index is 13.1. The number of methoxy groups -OCH3 is 1. The molecule has 0 N–H and O–H groups in total. The monoisotopic (exact) mass is 567 g/mol. The van der Waals surface area contributed by atoms with Gasteiger partial charge >= 0.3 is 0 Å². The number of carbonyl (C=O) groups is 1. The topological polar surface area (TPSA) is 90.2 Å². The lowest BCUT2D eigenvalue weighted by Crippen LogP contribution is -2.48. The van der Waals surface area contributed by atoms with E-state index in [0.29, 0.717) is 36.6 Å². The van der Waals surface area contributed by atoms with Crippen molar-refractivity contribution < 1.29 is 22.7 Å². The summed E-state index contributed by atoms with van der Waals surface area (Å²) in [6.07, 6.45) is -0.352. The SMILES string of the molecule is COCCn1c(=NC(=O)c2ccc(S(=O)(=O)N3C[C@@H](C)O[C@@H](C)C3)cc2)sc2cc(Br)ccc21. The van der Waals surface area contributed by atoms with E-state index in [-0.39, 0.29) is 17.1 Å². The van der Waals surface area contributed by atoms with Gasteiger partial charge in [-0.25, -0.2) is 8.42 Å². The molecule has 34 heavy (non-hydrogen) atoms. The molecule has 0 spiro atoms. The van der Waals surface area contributed by atoms with Crippen LogP contribution in [0.2, 0.25) is 0 Å². The van der Waals surface area contributed by atoms with E-state index in [9.17, 15) is 13.2 Å². The van der Waals surface area contributed by atoms with E-state index in [1.807, 2.05) is 36.6 Å². The smallest absolute Gasteiger partial charge is 0.279 e. The molecule has 0 unspecified atom stereocenters. The highest BCUT2D eigenvalue weighted by atomic mass is 79.9. The lowest BCUT2D eigenvalue weighted by atomic mass is 10.2. The first-order valence-corrected chi connectivity index (χ1v) is 13.9. The molecule has 1 fully saturated rings. The van der Waals surface area contributed by atoms with Crippen molar-refractivity contribution in [1.29, 1.82) is 0 Å². The molecule has 2 aromatic carbocycles. The molecule has 1 aliphatic rings. The minimum Gasteiger partial charge on any atom is -0.383 e. The molecule has 0 aliphatic carbocycles. The van der Waals surface area contributed by atoms with Crippen molar-refractivity contribution in [3.05, 3.63) is 57.3 Å². The van der Waals surface area contributed by atoms with Crippen molar-refractivity contribution in [1.82, 2.24) is 8.87 Å². The Labute approximate surface area is 211 Å². The number of amides is 1. The third-order valence-electron chi connectivity index (χ3n) is 5.49. The Bertz CT molecular complexity index is 1360. The van der Waals surface area contributed by atoms with E-state index in [2.05, 4.69) is 20.9 Å². The number of fused-ring (bicyclic) bond motifs is 1. The number of rotatable bonds is 6. The molecule has 11 heteroatoms. The average Bonchev–Trinajstić information content (AvgIpc) is 3.12. The zero-order chi connectivity index (χ0) is 24.5. The minimum absolute atomic E-state index is 0.146. The Balaban J connectivity index is 1.63. The zero-order valence-corrected chi connectivity index (χ0v) is 22.3. The number of benzene rings is 2. The van der Waals surface area contributed by atoms with Crippen LogP contribution in [0, 0.1) is 0 Å². The van der Waals surface area contributed by atoms with Gasteiger partial charge in [0.05, 0.1) is 33.9 Å². The molecular weight excluding hydrogens is 542 g/mol. The van der Waals surface area contributed by atoms with Crippen LogP contribution in [-0.4, -0.2) is 62.2 Å². The fourth-order valence-electron chi connectivity index (χ4n) is 3.93. The predicted molar refractivity (Wildman–Crippen MR) is 134 cm³/mol. The van der Waals surface area contributed by atoms with Crippen molar-refractivity contribution in [2.24, 2.45) is 4.99 Å². The summed E-state index contributed by atoms with van der Waals surface area (Å²) < 4.78 is 42.3. The van der Waals surface area contributed by atoms with Crippen LogP contribution in [0.3, 0.4) is 0 Å². The first kappa shape index (κ1) is 25.2. The molecule has 1 saturated heterocycles. The Kier molecular flexibility index (Phi) is 7.70. The molecule has 0 saturated carbocycles. The number of thiazole rings is 1.